The minimum Gasteiger partial charge on any atom is -0.481 e. The van der Waals surface area contributed by atoms with Crippen molar-refractivity contribution in [3.8, 4) is 11.1 Å². The summed E-state index contributed by atoms with van der Waals surface area (Å²) in [5, 5.41) is 18.7. The van der Waals surface area contributed by atoms with Gasteiger partial charge in [0, 0.05) is 24.9 Å². The summed E-state index contributed by atoms with van der Waals surface area (Å²) in [6, 6.07) is 16.5. The zero-order valence-corrected chi connectivity index (χ0v) is 19.0. The number of benzene rings is 2. The molecule has 5 rings (SSSR count). The van der Waals surface area contributed by atoms with E-state index in [4.69, 9.17) is 4.74 Å². The van der Waals surface area contributed by atoms with Crippen LogP contribution < -0.4 is 10.6 Å². The maximum atomic E-state index is 12.8. The van der Waals surface area contributed by atoms with Gasteiger partial charge in [-0.1, -0.05) is 48.5 Å². The summed E-state index contributed by atoms with van der Waals surface area (Å²) in [6.45, 7) is 0.375. The van der Waals surface area contributed by atoms with Crippen LogP contribution in [0.1, 0.15) is 36.3 Å². The number of hydrogen-bond acceptors (Lipinski definition) is 5. The summed E-state index contributed by atoms with van der Waals surface area (Å²) in [6.07, 6.45) is 3.85. The topological polar surface area (TPSA) is 123 Å². The van der Waals surface area contributed by atoms with E-state index in [1.54, 1.807) is 10.9 Å². The molecule has 0 aliphatic heterocycles. The molecule has 35 heavy (non-hydrogen) atoms. The number of carboxylic acids is 1. The lowest BCUT2D eigenvalue weighted by Gasteiger charge is -2.21. The van der Waals surface area contributed by atoms with Gasteiger partial charge in [-0.3, -0.25) is 14.3 Å². The third-order valence-corrected chi connectivity index (χ3v) is 6.74. The largest absolute Gasteiger partial charge is 0.481 e. The lowest BCUT2D eigenvalue weighted by molar-refractivity contribution is -0.139. The summed E-state index contributed by atoms with van der Waals surface area (Å²) in [7, 11) is 0. The molecule has 2 aliphatic carbocycles. The van der Waals surface area contributed by atoms with E-state index >= 15 is 0 Å². The molecule has 1 aromatic heterocycles. The second-order valence-corrected chi connectivity index (χ2v) is 9.01. The van der Waals surface area contributed by atoms with Gasteiger partial charge in [-0.05, 0) is 41.2 Å². The van der Waals surface area contributed by atoms with Gasteiger partial charge in [0.05, 0.1) is 12.0 Å². The van der Waals surface area contributed by atoms with E-state index in [1.807, 2.05) is 60.8 Å². The molecule has 3 N–H and O–H groups in total. The molecule has 9 heteroatoms. The molecule has 0 bridgehead atoms. The van der Waals surface area contributed by atoms with Gasteiger partial charge in [-0.25, -0.2) is 4.79 Å². The van der Waals surface area contributed by atoms with Crippen LogP contribution in [0.4, 0.5) is 4.79 Å². The van der Waals surface area contributed by atoms with Gasteiger partial charge < -0.3 is 20.5 Å². The Morgan fingerprint density at radius 2 is 1.71 bits per heavy atom. The Hall–Kier alpha value is -4.14. The first-order valence-corrected chi connectivity index (χ1v) is 11.6. The van der Waals surface area contributed by atoms with Crippen molar-refractivity contribution >= 4 is 18.0 Å². The number of ether oxygens (including phenoxy) is 1. The molecule has 1 unspecified atom stereocenters. The lowest BCUT2D eigenvalue weighted by Crippen LogP contribution is -2.50. The fraction of sp³-hybridized carbons (Fsp3) is 0.308. The number of alkyl carbamates (subject to hydrolysis) is 1. The van der Waals surface area contributed by atoms with Crippen molar-refractivity contribution in [3.63, 3.8) is 0 Å². The Balaban J connectivity index is 1.21. The fourth-order valence-electron chi connectivity index (χ4n) is 4.72. The van der Waals surface area contributed by atoms with Crippen molar-refractivity contribution in [1.82, 2.24) is 20.4 Å². The molecule has 1 fully saturated rings. The predicted octanol–water partition coefficient (Wildman–Crippen LogP) is 2.87. The van der Waals surface area contributed by atoms with Crippen LogP contribution in [0.5, 0.6) is 0 Å². The second kappa shape index (κ2) is 9.25. The Morgan fingerprint density at radius 1 is 1.06 bits per heavy atom. The van der Waals surface area contributed by atoms with Crippen molar-refractivity contribution in [3.05, 3.63) is 78.1 Å². The van der Waals surface area contributed by atoms with Gasteiger partial charge in [0.2, 0.25) is 5.91 Å². The number of aliphatic carboxylic acids is 1. The van der Waals surface area contributed by atoms with Crippen LogP contribution in [0, 0.1) is 0 Å². The van der Waals surface area contributed by atoms with Gasteiger partial charge in [-0.2, -0.15) is 5.10 Å². The first kappa shape index (κ1) is 22.6. The van der Waals surface area contributed by atoms with Crippen LogP contribution in [-0.4, -0.2) is 52.1 Å². The molecule has 2 aromatic carbocycles. The number of carboxylic acid groups (broad SMARTS) is 1. The number of hydrogen-bond donors (Lipinski definition) is 3. The average molecular weight is 475 g/mol. The Bertz CT molecular complexity index is 1210. The van der Waals surface area contributed by atoms with Crippen LogP contribution in [-0.2, 0) is 19.9 Å². The van der Waals surface area contributed by atoms with Gasteiger partial charge in [0.25, 0.3) is 0 Å². The van der Waals surface area contributed by atoms with Crippen molar-refractivity contribution in [2.75, 3.05) is 13.2 Å². The zero-order chi connectivity index (χ0) is 24.4. The summed E-state index contributed by atoms with van der Waals surface area (Å²) in [5.41, 5.74) is 4.04. The number of amides is 2. The van der Waals surface area contributed by atoms with E-state index < -0.39 is 30.4 Å². The first-order valence-electron chi connectivity index (χ1n) is 11.6. The second-order valence-electron chi connectivity index (χ2n) is 9.01. The minimum atomic E-state index is -1.25. The third-order valence-electron chi connectivity index (χ3n) is 6.74. The van der Waals surface area contributed by atoms with Gasteiger partial charge in [-0.15, -0.1) is 0 Å². The standard InChI is InChI=1S/C26H26N4O5/c31-23(32)14-22(24(33)27-16-26(10-11-26)30-13-5-12-28-30)29-25(34)35-15-21-19-8-3-1-6-17(19)18-7-2-4-9-20(18)21/h1-9,12-13,21-22H,10-11,14-16H2,(H,27,33)(H,29,34)(H,31,32). The van der Waals surface area contributed by atoms with E-state index in [9.17, 15) is 19.5 Å². The molecule has 1 atom stereocenters. The number of fused-ring (bicyclic) bond motifs is 3. The summed E-state index contributed by atoms with van der Waals surface area (Å²) >= 11 is 0. The smallest absolute Gasteiger partial charge is 0.407 e. The van der Waals surface area contributed by atoms with E-state index in [0.717, 1.165) is 35.1 Å². The highest BCUT2D eigenvalue weighted by Gasteiger charge is 2.45. The van der Waals surface area contributed by atoms with Gasteiger partial charge in [0.15, 0.2) is 0 Å². The van der Waals surface area contributed by atoms with Gasteiger partial charge >= 0.3 is 12.1 Å². The fourth-order valence-corrected chi connectivity index (χ4v) is 4.72. The van der Waals surface area contributed by atoms with Crippen LogP contribution in [0.25, 0.3) is 11.1 Å². The number of aromatic nitrogens is 2. The molecule has 9 nitrogen and oxygen atoms in total. The SMILES string of the molecule is O=C(O)CC(NC(=O)OCC1c2ccccc2-c2ccccc21)C(=O)NCC1(n2cccn2)CC1. The maximum Gasteiger partial charge on any atom is 0.407 e. The van der Waals surface area contributed by atoms with Crippen LogP contribution in [0.3, 0.4) is 0 Å². The van der Waals surface area contributed by atoms with Crippen molar-refractivity contribution in [2.45, 2.75) is 36.8 Å². The molecule has 1 saturated carbocycles. The van der Waals surface area contributed by atoms with Crippen LogP contribution in [0.2, 0.25) is 0 Å². The van der Waals surface area contributed by atoms with Crippen molar-refractivity contribution in [1.29, 1.82) is 0 Å². The molecule has 0 saturated heterocycles. The number of rotatable bonds is 9. The zero-order valence-electron chi connectivity index (χ0n) is 19.0. The van der Waals surface area contributed by atoms with Crippen molar-refractivity contribution in [2.24, 2.45) is 0 Å². The molecule has 0 radical (unpaired) electrons. The number of nitrogens with one attached hydrogen (secondary N) is 2. The third kappa shape index (κ3) is 4.62. The minimum absolute atomic E-state index is 0.0731. The molecule has 0 spiro atoms. The Labute approximate surface area is 202 Å². The number of carbonyl (C=O) groups excluding carboxylic acids is 2. The normalized spacial score (nSPS) is 16.0. The highest BCUT2D eigenvalue weighted by molar-refractivity contribution is 5.89. The quantitative estimate of drug-likeness (QED) is 0.438. The van der Waals surface area contributed by atoms with Crippen molar-refractivity contribution < 1.29 is 24.2 Å². The molecule has 1 heterocycles. The van der Waals surface area contributed by atoms with E-state index in [1.165, 1.54) is 0 Å². The summed E-state index contributed by atoms with van der Waals surface area (Å²) in [4.78, 5) is 36.7. The average Bonchev–Trinajstić information content (AvgIpc) is 3.30. The van der Waals surface area contributed by atoms with E-state index in [0.29, 0.717) is 6.54 Å². The highest BCUT2D eigenvalue weighted by atomic mass is 16.5. The number of nitrogens with zero attached hydrogens (tertiary/aromatic N) is 2. The molecular formula is C26H26N4O5. The number of carbonyl (C=O) groups is 3. The maximum absolute atomic E-state index is 12.8. The summed E-state index contributed by atoms with van der Waals surface area (Å²) in [5.74, 6) is -1.90. The monoisotopic (exact) mass is 474 g/mol. The first-order chi connectivity index (χ1) is 17.0. The van der Waals surface area contributed by atoms with Crippen LogP contribution >= 0.6 is 0 Å². The lowest BCUT2D eigenvalue weighted by atomic mass is 9.98. The predicted molar refractivity (Wildman–Crippen MR) is 127 cm³/mol. The Morgan fingerprint density at radius 3 is 2.29 bits per heavy atom. The highest BCUT2D eigenvalue weighted by Crippen LogP contribution is 2.44. The molecule has 180 valence electrons. The van der Waals surface area contributed by atoms with E-state index in [-0.39, 0.29) is 18.1 Å². The molecular weight excluding hydrogens is 448 g/mol. The molecule has 2 aliphatic rings. The van der Waals surface area contributed by atoms with Gasteiger partial charge in [0.1, 0.15) is 12.6 Å². The van der Waals surface area contributed by atoms with Crippen LogP contribution in [0.15, 0.2) is 67.0 Å². The summed E-state index contributed by atoms with van der Waals surface area (Å²) < 4.78 is 7.29. The molecule has 2 amide bonds. The van der Waals surface area contributed by atoms with E-state index in [2.05, 4.69) is 15.7 Å². The molecule has 3 aromatic rings. The Kier molecular flexibility index (Phi) is 5.98.